The maximum absolute atomic E-state index is 7.02. The van der Waals surface area contributed by atoms with Gasteiger partial charge in [-0.05, 0) is 18.9 Å². The average molecular weight is 202 g/mol. The molecule has 0 bridgehead atoms. The van der Waals surface area contributed by atoms with E-state index in [0.29, 0.717) is 17.7 Å². The van der Waals surface area contributed by atoms with E-state index in [9.17, 15) is 0 Å². The topological polar surface area (TPSA) is 17.2 Å². The molecule has 80 valence electrons. The Kier molecular flexibility index (Phi) is 3.47. The summed E-state index contributed by atoms with van der Waals surface area (Å²) in [5, 5.41) is 0. The number of hydrogen-bond donors (Lipinski definition) is 0. The summed E-state index contributed by atoms with van der Waals surface area (Å²) in [6, 6.07) is 1.88. The van der Waals surface area contributed by atoms with Crippen LogP contribution in [-0.4, -0.2) is 4.98 Å². The zero-order valence-electron chi connectivity index (χ0n) is 10.1. The van der Waals surface area contributed by atoms with Gasteiger partial charge in [-0.25, -0.2) is 0 Å². The van der Waals surface area contributed by atoms with E-state index in [1.807, 2.05) is 6.07 Å². The van der Waals surface area contributed by atoms with Gasteiger partial charge in [0, 0.05) is 11.5 Å². The predicted octanol–water partition coefficient (Wildman–Crippen LogP) is 4.19. The van der Waals surface area contributed by atoms with E-state index in [2.05, 4.69) is 44.4 Å². The Bertz CT molecular complexity index is 398. The van der Waals surface area contributed by atoms with Gasteiger partial charge >= 0.3 is 0 Å². The molecule has 0 fully saturated rings. The van der Waals surface area contributed by atoms with E-state index in [1.165, 1.54) is 11.1 Å². The summed E-state index contributed by atoms with van der Waals surface area (Å²) in [6.07, 6.45) is 0. The van der Waals surface area contributed by atoms with Crippen molar-refractivity contribution in [2.75, 3.05) is 0 Å². The van der Waals surface area contributed by atoms with E-state index >= 15 is 0 Å². The van der Waals surface area contributed by atoms with Crippen LogP contribution in [-0.2, 0) is 0 Å². The summed E-state index contributed by atoms with van der Waals surface area (Å²) in [6.45, 7) is 17.7. The zero-order chi connectivity index (χ0) is 11.6. The molecule has 15 heavy (non-hydrogen) atoms. The lowest BCUT2D eigenvalue weighted by atomic mass is 9.91. The van der Waals surface area contributed by atoms with Gasteiger partial charge < -0.3 is 4.85 Å². The summed E-state index contributed by atoms with van der Waals surface area (Å²) >= 11 is 0. The highest BCUT2D eigenvalue weighted by molar-refractivity contribution is 5.46. The molecule has 0 unspecified atom stereocenters. The first kappa shape index (κ1) is 11.7. The van der Waals surface area contributed by atoms with Gasteiger partial charge in [0.2, 0.25) is 0 Å². The van der Waals surface area contributed by atoms with Crippen LogP contribution in [0.3, 0.4) is 0 Å². The normalized spacial score (nSPS) is 10.8. The van der Waals surface area contributed by atoms with Crippen LogP contribution in [0.2, 0.25) is 0 Å². The number of pyridine rings is 1. The van der Waals surface area contributed by atoms with Crippen molar-refractivity contribution in [2.45, 2.75) is 46.5 Å². The number of hydrogen-bond acceptors (Lipinski definition) is 1. The molecule has 0 N–H and O–H groups in total. The molecule has 0 radical (unpaired) electrons. The zero-order valence-corrected chi connectivity index (χ0v) is 10.1. The molecular formula is C13H18N2. The summed E-state index contributed by atoms with van der Waals surface area (Å²) in [4.78, 5) is 7.83. The number of aryl methyl sites for hydroxylation is 1. The quantitative estimate of drug-likeness (QED) is 0.657. The molecule has 0 aromatic carbocycles. The standard InChI is InChI=1S/C13H18N2/c1-8(2)12-10(5)7-11(14-6)15-13(12)9(3)4/h7-9H,1-5H3. The summed E-state index contributed by atoms with van der Waals surface area (Å²) in [7, 11) is 0. The third kappa shape index (κ3) is 2.36. The molecule has 0 spiro atoms. The Hall–Kier alpha value is -1.36. The van der Waals surface area contributed by atoms with E-state index < -0.39 is 0 Å². The SMILES string of the molecule is [C-]#[N+]c1cc(C)c(C(C)C)c(C(C)C)n1. The highest BCUT2D eigenvalue weighted by Gasteiger charge is 2.18. The van der Waals surface area contributed by atoms with Crippen molar-refractivity contribution >= 4 is 5.82 Å². The van der Waals surface area contributed by atoms with E-state index in [0.717, 1.165) is 5.69 Å². The Morgan fingerprint density at radius 3 is 2.20 bits per heavy atom. The van der Waals surface area contributed by atoms with Crippen LogP contribution >= 0.6 is 0 Å². The minimum absolute atomic E-state index is 0.378. The molecule has 0 saturated carbocycles. The molecule has 1 aromatic heterocycles. The highest BCUT2D eigenvalue weighted by atomic mass is 14.9. The molecule has 0 aliphatic rings. The van der Waals surface area contributed by atoms with Crippen molar-refractivity contribution in [3.8, 4) is 0 Å². The van der Waals surface area contributed by atoms with Crippen LogP contribution in [0.1, 0.15) is 56.4 Å². The summed E-state index contributed by atoms with van der Waals surface area (Å²) in [5.41, 5.74) is 3.57. The molecule has 1 aromatic rings. The number of rotatable bonds is 2. The molecule has 2 nitrogen and oxygen atoms in total. The smallest absolute Gasteiger partial charge is 0.270 e. The molecule has 0 saturated heterocycles. The molecule has 0 aliphatic heterocycles. The monoisotopic (exact) mass is 202 g/mol. The minimum Gasteiger partial charge on any atom is -0.361 e. The highest BCUT2D eigenvalue weighted by Crippen LogP contribution is 2.30. The maximum atomic E-state index is 7.02. The van der Waals surface area contributed by atoms with Crippen molar-refractivity contribution in [1.82, 2.24) is 4.98 Å². The first-order valence-corrected chi connectivity index (χ1v) is 5.36. The van der Waals surface area contributed by atoms with Gasteiger partial charge in [0.05, 0.1) is 0 Å². The van der Waals surface area contributed by atoms with Crippen LogP contribution in [0.4, 0.5) is 5.82 Å². The van der Waals surface area contributed by atoms with Crippen LogP contribution in [0, 0.1) is 13.5 Å². The van der Waals surface area contributed by atoms with Gasteiger partial charge in [0.1, 0.15) is 5.69 Å². The Morgan fingerprint density at radius 1 is 1.20 bits per heavy atom. The van der Waals surface area contributed by atoms with Crippen molar-refractivity contribution in [3.63, 3.8) is 0 Å². The van der Waals surface area contributed by atoms with Crippen LogP contribution in [0.5, 0.6) is 0 Å². The molecule has 1 rings (SSSR count). The van der Waals surface area contributed by atoms with Crippen molar-refractivity contribution in [2.24, 2.45) is 0 Å². The van der Waals surface area contributed by atoms with Crippen LogP contribution in [0.15, 0.2) is 6.07 Å². The van der Waals surface area contributed by atoms with Crippen molar-refractivity contribution < 1.29 is 0 Å². The van der Waals surface area contributed by atoms with E-state index in [-0.39, 0.29) is 0 Å². The van der Waals surface area contributed by atoms with E-state index in [4.69, 9.17) is 6.57 Å². The van der Waals surface area contributed by atoms with Crippen LogP contribution in [0.25, 0.3) is 4.85 Å². The fraction of sp³-hybridized carbons (Fsp3) is 0.538. The predicted molar refractivity (Wildman–Crippen MR) is 63.4 cm³/mol. The third-order valence-electron chi connectivity index (χ3n) is 2.52. The van der Waals surface area contributed by atoms with Gasteiger partial charge in [-0.2, -0.15) is 0 Å². The second kappa shape index (κ2) is 4.44. The second-order valence-corrected chi connectivity index (χ2v) is 4.52. The third-order valence-corrected chi connectivity index (χ3v) is 2.52. The largest absolute Gasteiger partial charge is 0.361 e. The first-order valence-electron chi connectivity index (χ1n) is 5.36. The van der Waals surface area contributed by atoms with Gasteiger partial charge in [-0.1, -0.05) is 39.8 Å². The van der Waals surface area contributed by atoms with Crippen LogP contribution < -0.4 is 0 Å². The van der Waals surface area contributed by atoms with Crippen molar-refractivity contribution in [3.05, 3.63) is 34.3 Å². The van der Waals surface area contributed by atoms with Gasteiger partial charge in [-0.15, -0.1) is 4.98 Å². The van der Waals surface area contributed by atoms with Gasteiger partial charge in [0.15, 0.2) is 0 Å². The number of nitrogens with zero attached hydrogens (tertiary/aromatic N) is 2. The lowest BCUT2D eigenvalue weighted by Gasteiger charge is -2.15. The lowest BCUT2D eigenvalue weighted by Crippen LogP contribution is -2.04. The van der Waals surface area contributed by atoms with Crippen molar-refractivity contribution in [1.29, 1.82) is 0 Å². The fourth-order valence-electron chi connectivity index (χ4n) is 1.94. The summed E-state index contributed by atoms with van der Waals surface area (Å²) in [5.74, 6) is 1.36. The Balaban J connectivity index is 3.44. The second-order valence-electron chi connectivity index (χ2n) is 4.52. The average Bonchev–Trinajstić information content (AvgIpc) is 2.15. The lowest BCUT2D eigenvalue weighted by molar-refractivity contribution is 0.753. The maximum Gasteiger partial charge on any atom is 0.270 e. The Morgan fingerprint density at radius 2 is 1.80 bits per heavy atom. The van der Waals surface area contributed by atoms with E-state index in [1.54, 1.807) is 0 Å². The first-order chi connectivity index (χ1) is 6.97. The molecule has 0 atom stereocenters. The molecule has 2 heteroatoms. The minimum atomic E-state index is 0.378. The molecular weight excluding hydrogens is 184 g/mol. The van der Waals surface area contributed by atoms with Gasteiger partial charge in [0.25, 0.3) is 5.82 Å². The Labute approximate surface area is 92.2 Å². The molecule has 1 heterocycles. The summed E-state index contributed by atoms with van der Waals surface area (Å²) < 4.78 is 0. The van der Waals surface area contributed by atoms with Gasteiger partial charge in [-0.3, -0.25) is 0 Å². The molecule has 0 aliphatic carbocycles. The fourth-order valence-corrected chi connectivity index (χ4v) is 1.94. The number of aromatic nitrogens is 1. The molecule has 0 amide bonds.